The average Bonchev–Trinajstić information content (AvgIpc) is 3.19. The van der Waals surface area contributed by atoms with Gasteiger partial charge in [-0.05, 0) is 29.7 Å². The van der Waals surface area contributed by atoms with E-state index in [1.165, 1.54) is 18.2 Å². The molecule has 1 saturated heterocycles. The molecule has 10 heteroatoms. The van der Waals surface area contributed by atoms with Gasteiger partial charge in [0.05, 0.1) is 22.5 Å². The van der Waals surface area contributed by atoms with E-state index in [9.17, 15) is 19.2 Å². The van der Waals surface area contributed by atoms with Crippen LogP contribution in [0.2, 0.25) is 10.0 Å². The molecule has 0 saturated carbocycles. The van der Waals surface area contributed by atoms with E-state index in [0.717, 1.165) is 15.8 Å². The van der Waals surface area contributed by atoms with Crippen LogP contribution in [0.5, 0.6) is 0 Å². The number of hydrazine groups is 1. The first-order valence-electron chi connectivity index (χ1n) is 10.3. The van der Waals surface area contributed by atoms with E-state index in [2.05, 4.69) is 10.7 Å². The van der Waals surface area contributed by atoms with Gasteiger partial charge in [-0.1, -0.05) is 59.6 Å². The summed E-state index contributed by atoms with van der Waals surface area (Å²) in [7, 11) is 0. The van der Waals surface area contributed by atoms with Gasteiger partial charge in [-0.15, -0.1) is 0 Å². The van der Waals surface area contributed by atoms with Crippen molar-refractivity contribution in [3.05, 3.63) is 76.3 Å². The monoisotopic (exact) mass is 499 g/mol. The Morgan fingerprint density at radius 3 is 2.56 bits per heavy atom. The van der Waals surface area contributed by atoms with Crippen molar-refractivity contribution < 1.29 is 23.9 Å². The Morgan fingerprint density at radius 2 is 1.76 bits per heavy atom. The molecule has 34 heavy (non-hydrogen) atoms. The number of carbonyl (C=O) groups is 4. The predicted octanol–water partition coefficient (Wildman–Crippen LogP) is 3.82. The molecule has 3 amide bonds. The Hall–Kier alpha value is -3.62. The number of hydrogen-bond acceptors (Lipinski definition) is 5. The maximum absolute atomic E-state index is 12.4. The number of esters is 1. The zero-order valence-corrected chi connectivity index (χ0v) is 19.2. The average molecular weight is 500 g/mol. The molecule has 0 spiro atoms. The Bertz CT molecular complexity index is 1290. The molecule has 174 valence electrons. The maximum atomic E-state index is 12.4. The zero-order chi connectivity index (χ0) is 24.2. The van der Waals surface area contributed by atoms with E-state index in [-0.39, 0.29) is 23.6 Å². The van der Waals surface area contributed by atoms with Crippen molar-refractivity contribution in [2.45, 2.75) is 6.42 Å². The van der Waals surface area contributed by atoms with Crippen LogP contribution in [0.4, 0.5) is 5.69 Å². The van der Waals surface area contributed by atoms with E-state index in [1.807, 2.05) is 36.4 Å². The summed E-state index contributed by atoms with van der Waals surface area (Å²) in [5, 5.41) is 6.10. The molecule has 0 unspecified atom stereocenters. The summed E-state index contributed by atoms with van der Waals surface area (Å²) < 4.78 is 5.11. The van der Waals surface area contributed by atoms with Crippen molar-refractivity contribution >= 4 is 63.4 Å². The van der Waals surface area contributed by atoms with Crippen molar-refractivity contribution in [1.82, 2.24) is 10.4 Å². The molecule has 3 aromatic carbocycles. The van der Waals surface area contributed by atoms with Crippen LogP contribution < -0.4 is 10.7 Å². The minimum Gasteiger partial charge on any atom is -0.455 e. The molecule has 1 heterocycles. The second-order valence-corrected chi connectivity index (χ2v) is 8.47. The third kappa shape index (κ3) is 5.30. The number of nitrogens with zero attached hydrogens (tertiary/aromatic N) is 1. The number of hydrogen-bond donors (Lipinski definition) is 2. The minimum absolute atomic E-state index is 0.0737. The second kappa shape index (κ2) is 10.1. The Morgan fingerprint density at radius 1 is 1.00 bits per heavy atom. The molecule has 0 radical (unpaired) electrons. The van der Waals surface area contributed by atoms with E-state index >= 15 is 0 Å². The Kier molecular flexibility index (Phi) is 7.00. The van der Waals surface area contributed by atoms with Gasteiger partial charge in [0.2, 0.25) is 5.91 Å². The number of amides is 3. The van der Waals surface area contributed by atoms with Gasteiger partial charge < -0.3 is 10.1 Å². The largest absolute Gasteiger partial charge is 0.455 e. The van der Waals surface area contributed by atoms with Crippen molar-refractivity contribution in [1.29, 1.82) is 0 Å². The standard InChI is InChI=1S/C24H19Cl2N3O5/c25-18-9-8-15(10-19(18)26)23(32)28-29-12-16(11-22(29)31)24(33)34-13-21(30)27-20-7-3-5-14-4-1-2-6-17(14)20/h1-10,16H,11-13H2,(H,27,30)(H,28,32)/t16-/m0/s1. The van der Waals surface area contributed by atoms with Crippen molar-refractivity contribution in [3.63, 3.8) is 0 Å². The van der Waals surface area contributed by atoms with Crippen LogP contribution in [0.3, 0.4) is 0 Å². The van der Waals surface area contributed by atoms with Crippen molar-refractivity contribution in [3.8, 4) is 0 Å². The van der Waals surface area contributed by atoms with Gasteiger partial charge in [-0.3, -0.25) is 29.6 Å². The van der Waals surface area contributed by atoms with Crippen LogP contribution in [0, 0.1) is 5.92 Å². The molecule has 1 aliphatic rings. The lowest BCUT2D eigenvalue weighted by Crippen LogP contribution is -2.43. The molecule has 1 aliphatic heterocycles. The maximum Gasteiger partial charge on any atom is 0.311 e. The lowest BCUT2D eigenvalue weighted by molar-refractivity contribution is -0.151. The fourth-order valence-corrected chi connectivity index (χ4v) is 3.87. The number of benzene rings is 3. The summed E-state index contributed by atoms with van der Waals surface area (Å²) in [6, 6.07) is 17.4. The molecule has 1 atom stereocenters. The summed E-state index contributed by atoms with van der Waals surface area (Å²) in [5.74, 6) is -3.04. The molecule has 0 aliphatic carbocycles. The number of anilines is 1. The van der Waals surface area contributed by atoms with Crippen LogP contribution >= 0.6 is 23.2 Å². The fraction of sp³-hybridized carbons (Fsp3) is 0.167. The Labute approximate surface area is 204 Å². The van der Waals surface area contributed by atoms with Gasteiger partial charge in [0.1, 0.15) is 0 Å². The molecular weight excluding hydrogens is 481 g/mol. The third-order valence-corrected chi connectivity index (χ3v) is 6.02. The van der Waals surface area contributed by atoms with Crippen LogP contribution in [-0.2, 0) is 19.1 Å². The number of fused-ring (bicyclic) bond motifs is 1. The fourth-order valence-electron chi connectivity index (χ4n) is 3.57. The highest BCUT2D eigenvalue weighted by Crippen LogP contribution is 2.24. The van der Waals surface area contributed by atoms with Gasteiger partial charge >= 0.3 is 5.97 Å². The van der Waals surface area contributed by atoms with Gasteiger partial charge in [0, 0.05) is 23.1 Å². The number of nitrogens with one attached hydrogen (secondary N) is 2. The highest BCUT2D eigenvalue weighted by molar-refractivity contribution is 6.42. The van der Waals surface area contributed by atoms with E-state index in [1.54, 1.807) is 6.07 Å². The molecule has 3 aromatic rings. The topological polar surface area (TPSA) is 105 Å². The minimum atomic E-state index is -0.813. The molecule has 1 fully saturated rings. The van der Waals surface area contributed by atoms with Gasteiger partial charge in [0.25, 0.3) is 11.8 Å². The summed E-state index contributed by atoms with van der Waals surface area (Å²) in [6.07, 6.45) is -0.147. The first kappa shape index (κ1) is 23.5. The first-order valence-corrected chi connectivity index (χ1v) is 11.1. The SMILES string of the molecule is O=C(COC(=O)[C@H]1CC(=O)N(NC(=O)c2ccc(Cl)c(Cl)c2)C1)Nc1cccc2ccccc12. The number of carbonyl (C=O) groups excluding carboxylic acids is 4. The highest BCUT2D eigenvalue weighted by atomic mass is 35.5. The van der Waals surface area contributed by atoms with Crippen molar-refractivity contribution in [2.24, 2.45) is 5.92 Å². The summed E-state index contributed by atoms with van der Waals surface area (Å²) in [5.41, 5.74) is 3.26. The first-order chi connectivity index (χ1) is 16.3. The van der Waals surface area contributed by atoms with E-state index < -0.39 is 36.2 Å². The molecular formula is C24H19Cl2N3O5. The summed E-state index contributed by atoms with van der Waals surface area (Å²) in [6.45, 7) is -0.571. The number of rotatable bonds is 6. The van der Waals surface area contributed by atoms with Gasteiger partial charge in [-0.2, -0.15) is 0 Å². The summed E-state index contributed by atoms with van der Waals surface area (Å²) in [4.78, 5) is 49.4. The van der Waals surface area contributed by atoms with E-state index in [0.29, 0.717) is 10.7 Å². The lowest BCUT2D eigenvalue weighted by atomic mass is 10.1. The highest BCUT2D eigenvalue weighted by Gasteiger charge is 2.36. The normalized spacial score (nSPS) is 15.3. The van der Waals surface area contributed by atoms with Crippen LogP contribution in [-0.4, -0.2) is 41.9 Å². The summed E-state index contributed by atoms with van der Waals surface area (Å²) >= 11 is 11.8. The van der Waals surface area contributed by atoms with Crippen molar-refractivity contribution in [2.75, 3.05) is 18.5 Å². The number of halogens is 2. The third-order valence-electron chi connectivity index (χ3n) is 5.29. The number of ether oxygens (including phenoxy) is 1. The lowest BCUT2D eigenvalue weighted by Gasteiger charge is -2.17. The molecule has 0 aromatic heterocycles. The second-order valence-electron chi connectivity index (χ2n) is 7.66. The van der Waals surface area contributed by atoms with Gasteiger partial charge in [0.15, 0.2) is 6.61 Å². The molecule has 0 bridgehead atoms. The molecule has 8 nitrogen and oxygen atoms in total. The Balaban J connectivity index is 1.29. The van der Waals surface area contributed by atoms with Gasteiger partial charge in [-0.25, -0.2) is 0 Å². The predicted molar refractivity (Wildman–Crippen MR) is 127 cm³/mol. The quantitative estimate of drug-likeness (QED) is 0.501. The van der Waals surface area contributed by atoms with Crippen LogP contribution in [0.25, 0.3) is 10.8 Å². The van der Waals surface area contributed by atoms with Crippen LogP contribution in [0.1, 0.15) is 16.8 Å². The van der Waals surface area contributed by atoms with Crippen LogP contribution in [0.15, 0.2) is 60.7 Å². The zero-order valence-electron chi connectivity index (χ0n) is 17.7. The van der Waals surface area contributed by atoms with E-state index in [4.69, 9.17) is 27.9 Å². The molecule has 4 rings (SSSR count). The molecule has 2 N–H and O–H groups in total. The smallest absolute Gasteiger partial charge is 0.311 e.